The van der Waals surface area contributed by atoms with E-state index in [2.05, 4.69) is 13.0 Å². The summed E-state index contributed by atoms with van der Waals surface area (Å²) in [6.45, 7) is 4.30. The lowest BCUT2D eigenvalue weighted by molar-refractivity contribution is -0.115. The van der Waals surface area contributed by atoms with Gasteiger partial charge in [-0.2, -0.15) is 0 Å². The Hall–Kier alpha value is -0.930. The molecule has 3 nitrogen and oxygen atoms in total. The van der Waals surface area contributed by atoms with Crippen molar-refractivity contribution in [2.75, 3.05) is 0 Å². The Morgan fingerprint density at radius 1 is 1.22 bits per heavy atom. The average molecular weight is 316 g/mol. The van der Waals surface area contributed by atoms with Crippen molar-refractivity contribution >= 4 is 5.78 Å². The van der Waals surface area contributed by atoms with Gasteiger partial charge in [-0.15, -0.1) is 0 Å². The maximum absolute atomic E-state index is 12.5. The van der Waals surface area contributed by atoms with E-state index in [1.165, 1.54) is 0 Å². The average Bonchev–Trinajstić information content (AvgIpc) is 2.80. The molecule has 0 aromatic carbocycles. The van der Waals surface area contributed by atoms with Gasteiger partial charge in [-0.1, -0.05) is 19.1 Å². The zero-order valence-electron chi connectivity index (χ0n) is 14.2. The highest BCUT2D eigenvalue weighted by Crippen LogP contribution is 2.62. The molecular formula is C20H28O3. The molecule has 0 amide bonds. The predicted molar refractivity (Wildman–Crippen MR) is 88.6 cm³/mol. The summed E-state index contributed by atoms with van der Waals surface area (Å²) in [4.78, 5) is 12.5. The summed E-state index contributed by atoms with van der Waals surface area (Å²) in [5.74, 6) is 2.38. The van der Waals surface area contributed by atoms with Crippen molar-refractivity contribution in [3.05, 3.63) is 23.3 Å². The number of aliphatic hydroxyl groups excluding tert-OH is 2. The van der Waals surface area contributed by atoms with Crippen molar-refractivity contribution in [3.8, 4) is 0 Å². The SMILES string of the molecule is CC=C1C(=O)CC2C3CC=C4C(O)C(O)CCC4C3CCC12C. The van der Waals surface area contributed by atoms with Gasteiger partial charge in [0.25, 0.3) is 0 Å². The van der Waals surface area contributed by atoms with Crippen LogP contribution in [0.4, 0.5) is 0 Å². The van der Waals surface area contributed by atoms with Crippen LogP contribution >= 0.6 is 0 Å². The number of fused-ring (bicyclic) bond motifs is 5. The van der Waals surface area contributed by atoms with Gasteiger partial charge in [0.05, 0.1) is 6.10 Å². The van der Waals surface area contributed by atoms with E-state index in [4.69, 9.17) is 0 Å². The van der Waals surface area contributed by atoms with Crippen LogP contribution in [-0.2, 0) is 4.79 Å². The molecule has 126 valence electrons. The summed E-state index contributed by atoms with van der Waals surface area (Å²) in [7, 11) is 0. The molecule has 4 aliphatic rings. The smallest absolute Gasteiger partial charge is 0.159 e. The van der Waals surface area contributed by atoms with Crippen molar-refractivity contribution in [2.45, 2.75) is 64.6 Å². The Morgan fingerprint density at radius 2 is 2.00 bits per heavy atom. The third kappa shape index (κ3) is 2.05. The lowest BCUT2D eigenvalue weighted by Crippen LogP contribution is -2.48. The van der Waals surface area contributed by atoms with Gasteiger partial charge in [-0.05, 0) is 79.3 Å². The maximum Gasteiger partial charge on any atom is 0.159 e. The number of hydrogen-bond acceptors (Lipinski definition) is 3. The van der Waals surface area contributed by atoms with Crippen LogP contribution in [0.15, 0.2) is 23.3 Å². The molecule has 0 aliphatic heterocycles. The van der Waals surface area contributed by atoms with Gasteiger partial charge in [0.2, 0.25) is 0 Å². The molecule has 23 heavy (non-hydrogen) atoms. The topological polar surface area (TPSA) is 57.5 Å². The second kappa shape index (κ2) is 5.29. The zero-order valence-corrected chi connectivity index (χ0v) is 14.2. The quantitative estimate of drug-likeness (QED) is 0.533. The molecule has 0 heterocycles. The first-order chi connectivity index (χ1) is 11.0. The highest BCUT2D eigenvalue weighted by Gasteiger charge is 2.57. The second-order valence-electron chi connectivity index (χ2n) is 8.36. The number of hydrogen-bond donors (Lipinski definition) is 2. The zero-order chi connectivity index (χ0) is 16.4. The summed E-state index contributed by atoms with van der Waals surface area (Å²) in [5, 5.41) is 20.3. The van der Waals surface area contributed by atoms with Crippen LogP contribution in [0.3, 0.4) is 0 Å². The fourth-order valence-corrected chi connectivity index (χ4v) is 6.43. The van der Waals surface area contributed by atoms with Gasteiger partial charge in [0, 0.05) is 6.42 Å². The normalized spacial score (nSPS) is 51.0. The van der Waals surface area contributed by atoms with Gasteiger partial charge in [-0.25, -0.2) is 0 Å². The number of Topliss-reactive ketones (excluding diaryl/α,β-unsaturated/α-hetero) is 1. The number of aliphatic hydroxyl groups is 2. The Balaban J connectivity index is 1.68. The number of ketones is 1. The van der Waals surface area contributed by atoms with Crippen molar-refractivity contribution in [2.24, 2.45) is 29.1 Å². The van der Waals surface area contributed by atoms with Gasteiger partial charge in [0.15, 0.2) is 5.78 Å². The highest BCUT2D eigenvalue weighted by molar-refractivity contribution is 5.99. The first kappa shape index (κ1) is 15.6. The summed E-state index contributed by atoms with van der Waals surface area (Å²) in [6.07, 6.45) is 8.58. The lowest BCUT2D eigenvalue weighted by Gasteiger charge is -2.53. The molecular weight excluding hydrogens is 288 g/mol. The van der Waals surface area contributed by atoms with Crippen LogP contribution in [0.25, 0.3) is 0 Å². The monoisotopic (exact) mass is 316 g/mol. The van der Waals surface area contributed by atoms with Crippen molar-refractivity contribution < 1.29 is 15.0 Å². The van der Waals surface area contributed by atoms with Crippen molar-refractivity contribution in [1.29, 1.82) is 0 Å². The fourth-order valence-electron chi connectivity index (χ4n) is 6.43. The van der Waals surface area contributed by atoms with Crippen LogP contribution in [-0.4, -0.2) is 28.2 Å². The molecule has 0 bridgehead atoms. The summed E-state index contributed by atoms with van der Waals surface area (Å²) in [5.41, 5.74) is 2.21. The second-order valence-corrected chi connectivity index (χ2v) is 8.36. The van der Waals surface area contributed by atoms with Gasteiger partial charge in [0.1, 0.15) is 6.10 Å². The van der Waals surface area contributed by atoms with Gasteiger partial charge >= 0.3 is 0 Å². The molecule has 4 rings (SSSR count). The van der Waals surface area contributed by atoms with Crippen LogP contribution in [0, 0.1) is 29.1 Å². The largest absolute Gasteiger partial charge is 0.390 e. The standard InChI is InChI=1S/C20H28O3/c1-3-15-18(22)10-16-13-4-5-14-11(6-7-17(21)19(14)23)12(13)8-9-20(15,16)2/h3,5,11-13,16-17,19,21,23H,4,6-10H2,1-2H3. The first-order valence-electron chi connectivity index (χ1n) is 9.23. The van der Waals surface area contributed by atoms with E-state index in [0.717, 1.165) is 36.8 Å². The summed E-state index contributed by atoms with van der Waals surface area (Å²) >= 11 is 0. The van der Waals surface area contributed by atoms with E-state index < -0.39 is 12.2 Å². The molecule has 3 saturated carbocycles. The van der Waals surface area contributed by atoms with Crippen LogP contribution in [0.2, 0.25) is 0 Å². The van der Waals surface area contributed by atoms with E-state index >= 15 is 0 Å². The Morgan fingerprint density at radius 3 is 2.74 bits per heavy atom. The predicted octanol–water partition coefficient (Wildman–Crippen LogP) is 3.02. The molecule has 0 radical (unpaired) electrons. The van der Waals surface area contributed by atoms with E-state index in [1.54, 1.807) is 0 Å². The summed E-state index contributed by atoms with van der Waals surface area (Å²) in [6, 6.07) is 0. The number of carbonyl (C=O) groups excluding carboxylic acids is 1. The van der Waals surface area contributed by atoms with Gasteiger partial charge < -0.3 is 10.2 Å². The molecule has 0 saturated heterocycles. The number of carbonyl (C=O) groups is 1. The summed E-state index contributed by atoms with van der Waals surface area (Å²) < 4.78 is 0. The molecule has 7 atom stereocenters. The molecule has 0 aromatic rings. The minimum Gasteiger partial charge on any atom is -0.390 e. The number of allylic oxidation sites excluding steroid dienone is 3. The molecule has 4 aliphatic carbocycles. The van der Waals surface area contributed by atoms with E-state index in [-0.39, 0.29) is 5.41 Å². The van der Waals surface area contributed by atoms with Crippen molar-refractivity contribution in [3.63, 3.8) is 0 Å². The highest BCUT2D eigenvalue weighted by atomic mass is 16.3. The molecule has 7 unspecified atom stereocenters. The molecule has 0 spiro atoms. The Kier molecular flexibility index (Phi) is 3.58. The Labute approximate surface area is 138 Å². The van der Waals surface area contributed by atoms with Crippen molar-refractivity contribution in [1.82, 2.24) is 0 Å². The van der Waals surface area contributed by atoms with E-state index in [9.17, 15) is 15.0 Å². The number of rotatable bonds is 0. The van der Waals surface area contributed by atoms with E-state index in [0.29, 0.717) is 42.3 Å². The lowest BCUT2D eigenvalue weighted by atomic mass is 9.52. The van der Waals surface area contributed by atoms with E-state index in [1.807, 2.05) is 13.0 Å². The van der Waals surface area contributed by atoms with Crippen LogP contribution in [0.1, 0.15) is 52.4 Å². The Bertz CT molecular complexity index is 590. The minimum atomic E-state index is -0.667. The molecule has 2 N–H and O–H groups in total. The molecule has 3 heteroatoms. The molecule has 0 aromatic heterocycles. The van der Waals surface area contributed by atoms with Crippen LogP contribution in [0.5, 0.6) is 0 Å². The first-order valence-corrected chi connectivity index (χ1v) is 9.23. The minimum absolute atomic E-state index is 0.0607. The van der Waals surface area contributed by atoms with Crippen LogP contribution < -0.4 is 0 Å². The third-order valence-electron chi connectivity index (χ3n) is 7.54. The fraction of sp³-hybridized carbons (Fsp3) is 0.750. The third-order valence-corrected chi connectivity index (χ3v) is 7.54. The molecule has 3 fully saturated rings. The van der Waals surface area contributed by atoms with Gasteiger partial charge in [-0.3, -0.25) is 4.79 Å². The maximum atomic E-state index is 12.5.